The standard InChI is InChI=1S/C13H16ClN5S/c1-17-12(15-16-13(17)20)19-8-6-18(7-9-19)11-4-2-10(14)3-5-11/h2-5H,6-9H2,1H3,(H,16,20). The molecule has 1 aromatic carbocycles. The third-order valence-corrected chi connectivity index (χ3v) is 4.23. The largest absolute Gasteiger partial charge is 0.368 e. The summed E-state index contributed by atoms with van der Waals surface area (Å²) in [5.41, 5.74) is 1.21. The number of aromatic nitrogens is 3. The maximum atomic E-state index is 5.92. The third-order valence-electron chi connectivity index (χ3n) is 3.61. The molecule has 1 N–H and O–H groups in total. The Bertz CT molecular complexity index is 640. The van der Waals surface area contributed by atoms with Crippen LogP contribution in [0.2, 0.25) is 5.02 Å². The van der Waals surface area contributed by atoms with Crippen LogP contribution in [0.25, 0.3) is 0 Å². The molecule has 5 nitrogen and oxygen atoms in total. The molecule has 0 atom stereocenters. The van der Waals surface area contributed by atoms with Crippen LogP contribution in [-0.2, 0) is 7.05 Å². The Morgan fingerprint density at radius 2 is 1.70 bits per heavy atom. The molecule has 2 heterocycles. The minimum atomic E-state index is 0.653. The van der Waals surface area contributed by atoms with E-state index >= 15 is 0 Å². The highest BCUT2D eigenvalue weighted by Gasteiger charge is 2.20. The van der Waals surface area contributed by atoms with Gasteiger partial charge < -0.3 is 9.80 Å². The van der Waals surface area contributed by atoms with Gasteiger partial charge >= 0.3 is 0 Å². The molecule has 106 valence electrons. The lowest BCUT2D eigenvalue weighted by Gasteiger charge is -2.36. The van der Waals surface area contributed by atoms with E-state index in [1.807, 2.05) is 23.7 Å². The monoisotopic (exact) mass is 309 g/mol. The Kier molecular flexibility index (Phi) is 3.67. The first-order chi connectivity index (χ1) is 9.65. The van der Waals surface area contributed by atoms with E-state index in [0.717, 1.165) is 37.1 Å². The second-order valence-electron chi connectivity index (χ2n) is 4.84. The fourth-order valence-corrected chi connectivity index (χ4v) is 2.69. The molecule has 1 aromatic heterocycles. The van der Waals surface area contributed by atoms with Crippen molar-refractivity contribution in [3.05, 3.63) is 34.1 Å². The molecule has 0 amide bonds. The van der Waals surface area contributed by atoms with Crippen LogP contribution < -0.4 is 9.80 Å². The number of hydrogen-bond donors (Lipinski definition) is 1. The topological polar surface area (TPSA) is 40.1 Å². The highest BCUT2D eigenvalue weighted by Crippen LogP contribution is 2.21. The predicted molar refractivity (Wildman–Crippen MR) is 84.3 cm³/mol. The van der Waals surface area contributed by atoms with Gasteiger partial charge in [-0.25, -0.2) is 5.10 Å². The fraction of sp³-hybridized carbons (Fsp3) is 0.385. The van der Waals surface area contributed by atoms with E-state index in [0.29, 0.717) is 4.77 Å². The van der Waals surface area contributed by atoms with E-state index in [-0.39, 0.29) is 0 Å². The zero-order valence-corrected chi connectivity index (χ0v) is 12.8. The van der Waals surface area contributed by atoms with Gasteiger partial charge in [0.25, 0.3) is 0 Å². The number of nitrogens with zero attached hydrogens (tertiary/aromatic N) is 4. The van der Waals surface area contributed by atoms with E-state index in [2.05, 4.69) is 32.1 Å². The van der Waals surface area contributed by atoms with Gasteiger partial charge in [-0.1, -0.05) is 11.6 Å². The summed E-state index contributed by atoms with van der Waals surface area (Å²) in [4.78, 5) is 4.60. The average molecular weight is 310 g/mol. The van der Waals surface area contributed by atoms with Gasteiger partial charge in [-0.3, -0.25) is 4.57 Å². The van der Waals surface area contributed by atoms with Crippen LogP contribution in [0.5, 0.6) is 0 Å². The molecule has 7 heteroatoms. The molecule has 1 aliphatic rings. The molecule has 0 radical (unpaired) electrons. The molecular formula is C13H16ClN5S. The van der Waals surface area contributed by atoms with E-state index in [1.54, 1.807) is 0 Å². The number of nitrogens with one attached hydrogen (secondary N) is 1. The Hall–Kier alpha value is -1.53. The number of halogens is 1. The van der Waals surface area contributed by atoms with Crippen molar-refractivity contribution in [2.45, 2.75) is 0 Å². The summed E-state index contributed by atoms with van der Waals surface area (Å²) in [6.07, 6.45) is 0. The highest BCUT2D eigenvalue weighted by molar-refractivity contribution is 7.71. The Morgan fingerprint density at radius 1 is 1.10 bits per heavy atom. The molecule has 0 unspecified atom stereocenters. The van der Waals surface area contributed by atoms with Crippen LogP contribution in [0.3, 0.4) is 0 Å². The molecule has 0 saturated carbocycles. The summed E-state index contributed by atoms with van der Waals surface area (Å²) >= 11 is 11.1. The summed E-state index contributed by atoms with van der Waals surface area (Å²) in [6, 6.07) is 7.99. The SMILES string of the molecule is Cn1c(N2CCN(c3ccc(Cl)cc3)CC2)n[nH]c1=S. The molecule has 0 aliphatic carbocycles. The van der Waals surface area contributed by atoms with Crippen molar-refractivity contribution in [1.82, 2.24) is 14.8 Å². The number of H-pyrrole nitrogens is 1. The number of anilines is 2. The van der Waals surface area contributed by atoms with Crippen LogP contribution in [-0.4, -0.2) is 40.9 Å². The maximum Gasteiger partial charge on any atom is 0.225 e. The number of piperazine rings is 1. The van der Waals surface area contributed by atoms with Crippen LogP contribution in [0.1, 0.15) is 0 Å². The summed E-state index contributed by atoms with van der Waals surface area (Å²) in [5, 5.41) is 7.89. The van der Waals surface area contributed by atoms with E-state index in [4.69, 9.17) is 23.8 Å². The summed E-state index contributed by atoms with van der Waals surface area (Å²) < 4.78 is 2.56. The lowest BCUT2D eigenvalue weighted by atomic mass is 10.2. The lowest BCUT2D eigenvalue weighted by Crippen LogP contribution is -2.47. The maximum absolute atomic E-state index is 5.92. The predicted octanol–water partition coefficient (Wildman–Crippen LogP) is 2.46. The molecule has 0 spiro atoms. The minimum Gasteiger partial charge on any atom is -0.368 e. The first kappa shape index (κ1) is 13.5. The average Bonchev–Trinajstić information content (AvgIpc) is 2.80. The van der Waals surface area contributed by atoms with Crippen molar-refractivity contribution in [3.8, 4) is 0 Å². The number of rotatable bonds is 2. The quantitative estimate of drug-likeness (QED) is 0.865. The summed E-state index contributed by atoms with van der Waals surface area (Å²) in [6.45, 7) is 3.77. The van der Waals surface area contributed by atoms with Crippen molar-refractivity contribution < 1.29 is 0 Å². The van der Waals surface area contributed by atoms with Gasteiger partial charge in [-0.05, 0) is 36.5 Å². The van der Waals surface area contributed by atoms with E-state index in [1.165, 1.54) is 5.69 Å². The smallest absolute Gasteiger partial charge is 0.225 e. The number of aromatic amines is 1. The zero-order chi connectivity index (χ0) is 14.1. The molecule has 1 aliphatic heterocycles. The van der Waals surface area contributed by atoms with Crippen molar-refractivity contribution >= 4 is 35.5 Å². The van der Waals surface area contributed by atoms with Crippen molar-refractivity contribution in [2.75, 3.05) is 36.0 Å². The highest BCUT2D eigenvalue weighted by atomic mass is 35.5. The van der Waals surface area contributed by atoms with Crippen LogP contribution >= 0.6 is 23.8 Å². The van der Waals surface area contributed by atoms with Crippen molar-refractivity contribution in [1.29, 1.82) is 0 Å². The number of hydrogen-bond acceptors (Lipinski definition) is 4. The van der Waals surface area contributed by atoms with E-state index in [9.17, 15) is 0 Å². The van der Waals surface area contributed by atoms with Gasteiger partial charge in [0, 0.05) is 43.9 Å². The molecule has 1 saturated heterocycles. The second-order valence-corrected chi connectivity index (χ2v) is 5.66. The first-order valence-corrected chi connectivity index (χ1v) is 7.30. The van der Waals surface area contributed by atoms with Gasteiger partial charge in [0.2, 0.25) is 5.95 Å². The second kappa shape index (κ2) is 5.46. The summed E-state index contributed by atoms with van der Waals surface area (Å²) in [5.74, 6) is 0.908. The molecule has 3 rings (SSSR count). The Morgan fingerprint density at radius 3 is 2.25 bits per heavy atom. The van der Waals surface area contributed by atoms with Gasteiger partial charge in [0.05, 0.1) is 0 Å². The van der Waals surface area contributed by atoms with Crippen molar-refractivity contribution in [2.24, 2.45) is 7.05 Å². The Labute approximate surface area is 127 Å². The lowest BCUT2D eigenvalue weighted by molar-refractivity contribution is 0.629. The molecular weight excluding hydrogens is 294 g/mol. The minimum absolute atomic E-state index is 0.653. The van der Waals surface area contributed by atoms with Crippen LogP contribution in [0, 0.1) is 4.77 Å². The van der Waals surface area contributed by atoms with Gasteiger partial charge in [0.1, 0.15) is 0 Å². The van der Waals surface area contributed by atoms with Gasteiger partial charge in [-0.2, -0.15) is 0 Å². The van der Waals surface area contributed by atoms with Crippen molar-refractivity contribution in [3.63, 3.8) is 0 Å². The summed E-state index contributed by atoms with van der Waals surface area (Å²) in [7, 11) is 1.94. The molecule has 1 fully saturated rings. The normalized spacial score (nSPS) is 15.7. The van der Waals surface area contributed by atoms with Gasteiger partial charge in [-0.15, -0.1) is 5.10 Å². The fourth-order valence-electron chi connectivity index (χ4n) is 2.44. The van der Waals surface area contributed by atoms with E-state index < -0.39 is 0 Å². The third kappa shape index (κ3) is 2.53. The number of benzene rings is 1. The van der Waals surface area contributed by atoms with Crippen LogP contribution in [0.15, 0.2) is 24.3 Å². The first-order valence-electron chi connectivity index (χ1n) is 6.52. The van der Waals surface area contributed by atoms with Gasteiger partial charge in [0.15, 0.2) is 4.77 Å². The zero-order valence-electron chi connectivity index (χ0n) is 11.2. The molecule has 20 heavy (non-hydrogen) atoms. The van der Waals surface area contributed by atoms with Crippen LogP contribution in [0.4, 0.5) is 11.6 Å². The molecule has 0 bridgehead atoms. The molecule has 2 aromatic rings. The Balaban J connectivity index is 1.69.